The quantitative estimate of drug-likeness (QED) is 0.475. The van der Waals surface area contributed by atoms with Crippen LogP contribution in [0, 0.1) is 5.82 Å². The zero-order valence-corrected chi connectivity index (χ0v) is 13.8. The van der Waals surface area contributed by atoms with E-state index in [9.17, 15) is 14.0 Å². The third kappa shape index (κ3) is 8.33. The van der Waals surface area contributed by atoms with Crippen LogP contribution in [0.3, 0.4) is 0 Å². The number of benzene rings is 1. The van der Waals surface area contributed by atoms with Gasteiger partial charge in [-0.1, -0.05) is 31.9 Å². The number of hydrogen-bond acceptors (Lipinski definition) is 4. The first-order chi connectivity index (χ1) is 11.0. The van der Waals surface area contributed by atoms with Gasteiger partial charge >= 0.3 is 11.9 Å². The highest BCUT2D eigenvalue weighted by molar-refractivity contribution is 5.72. The molecule has 0 N–H and O–H groups in total. The lowest BCUT2D eigenvalue weighted by atomic mass is 10.1. The largest absolute Gasteiger partial charge is 0.466 e. The molecule has 1 unspecified atom stereocenters. The summed E-state index contributed by atoms with van der Waals surface area (Å²) in [4.78, 5) is 23.2. The summed E-state index contributed by atoms with van der Waals surface area (Å²) in [6.45, 7) is 4.26. The van der Waals surface area contributed by atoms with E-state index in [0.29, 0.717) is 13.0 Å². The van der Waals surface area contributed by atoms with Gasteiger partial charge in [-0.3, -0.25) is 9.59 Å². The van der Waals surface area contributed by atoms with E-state index in [4.69, 9.17) is 9.47 Å². The highest BCUT2D eigenvalue weighted by atomic mass is 19.1. The van der Waals surface area contributed by atoms with Crippen LogP contribution in [0.4, 0.5) is 4.39 Å². The maximum Gasteiger partial charge on any atom is 0.306 e. The van der Waals surface area contributed by atoms with E-state index in [0.717, 1.165) is 24.8 Å². The number of unbranched alkanes of at least 4 members (excludes halogenated alkanes) is 2. The maximum atomic E-state index is 12.8. The molecule has 0 aliphatic rings. The van der Waals surface area contributed by atoms with Gasteiger partial charge in [0.05, 0.1) is 6.61 Å². The molecule has 0 bridgehead atoms. The molecule has 1 aromatic rings. The van der Waals surface area contributed by atoms with Gasteiger partial charge in [0.15, 0.2) is 0 Å². The Hall–Kier alpha value is -1.91. The first-order valence-electron chi connectivity index (χ1n) is 8.13. The van der Waals surface area contributed by atoms with Crippen molar-refractivity contribution >= 4 is 11.9 Å². The second-order valence-electron chi connectivity index (χ2n) is 5.46. The minimum atomic E-state index is -0.441. The predicted molar refractivity (Wildman–Crippen MR) is 85.2 cm³/mol. The lowest BCUT2D eigenvalue weighted by molar-refractivity contribution is -0.149. The van der Waals surface area contributed by atoms with Gasteiger partial charge in [-0.05, 0) is 37.5 Å². The first kappa shape index (κ1) is 19.1. The smallest absolute Gasteiger partial charge is 0.306 e. The van der Waals surface area contributed by atoms with Gasteiger partial charge in [-0.25, -0.2) is 4.39 Å². The Morgan fingerprint density at radius 2 is 1.70 bits per heavy atom. The van der Waals surface area contributed by atoms with Crippen LogP contribution in [0.25, 0.3) is 0 Å². The fourth-order valence-electron chi connectivity index (χ4n) is 2.05. The predicted octanol–water partition coefficient (Wildman–Crippen LogP) is 4.33. The molecular weight excluding hydrogens is 299 g/mol. The Kier molecular flexibility index (Phi) is 8.95. The topological polar surface area (TPSA) is 52.6 Å². The molecule has 1 atom stereocenters. The van der Waals surface area contributed by atoms with Crippen molar-refractivity contribution < 1.29 is 23.5 Å². The molecule has 0 aliphatic carbocycles. The summed E-state index contributed by atoms with van der Waals surface area (Å²) in [6.07, 6.45) is 3.34. The van der Waals surface area contributed by atoms with E-state index in [1.54, 1.807) is 19.1 Å². The van der Waals surface area contributed by atoms with Gasteiger partial charge in [0.1, 0.15) is 11.9 Å². The van der Waals surface area contributed by atoms with E-state index in [-0.39, 0.29) is 30.6 Å². The summed E-state index contributed by atoms with van der Waals surface area (Å²) < 4.78 is 23.2. The maximum absolute atomic E-state index is 12.8. The number of ether oxygens (including phenoxy) is 2. The molecule has 0 fully saturated rings. The molecule has 0 radical (unpaired) electrons. The fraction of sp³-hybridized carbons (Fsp3) is 0.556. The van der Waals surface area contributed by atoms with Crippen LogP contribution < -0.4 is 0 Å². The number of carbonyl (C=O) groups is 2. The molecule has 0 saturated carbocycles. The summed E-state index contributed by atoms with van der Waals surface area (Å²) in [5, 5.41) is 0. The molecule has 0 aromatic heterocycles. The average Bonchev–Trinajstić information content (AvgIpc) is 2.52. The second kappa shape index (κ2) is 10.8. The first-order valence-corrected chi connectivity index (χ1v) is 8.13. The number of halogens is 1. The van der Waals surface area contributed by atoms with Crippen LogP contribution in [0.2, 0.25) is 0 Å². The summed E-state index contributed by atoms with van der Waals surface area (Å²) in [5.41, 5.74) is 0.732. The minimum Gasteiger partial charge on any atom is -0.466 e. The Morgan fingerprint density at radius 3 is 2.35 bits per heavy atom. The molecule has 0 heterocycles. The van der Waals surface area contributed by atoms with Gasteiger partial charge in [-0.2, -0.15) is 0 Å². The van der Waals surface area contributed by atoms with Crippen molar-refractivity contribution in [3.8, 4) is 0 Å². The molecule has 0 spiro atoms. The molecule has 0 aliphatic heterocycles. The minimum absolute atomic E-state index is 0.162. The molecule has 0 saturated heterocycles. The number of carbonyl (C=O) groups excluding carboxylic acids is 2. The van der Waals surface area contributed by atoms with E-state index >= 15 is 0 Å². The molecule has 1 rings (SSSR count). The summed E-state index contributed by atoms with van der Waals surface area (Å²) in [7, 11) is 0. The zero-order chi connectivity index (χ0) is 17.1. The Balaban J connectivity index is 2.18. The zero-order valence-electron chi connectivity index (χ0n) is 13.8. The van der Waals surface area contributed by atoms with Crippen LogP contribution in [0.15, 0.2) is 24.3 Å². The summed E-state index contributed by atoms with van der Waals surface area (Å²) >= 11 is 0. The third-order valence-corrected chi connectivity index (χ3v) is 3.42. The lowest BCUT2D eigenvalue weighted by Gasteiger charge is -2.13. The van der Waals surface area contributed by atoms with Crippen LogP contribution in [-0.2, 0) is 19.1 Å². The van der Waals surface area contributed by atoms with Gasteiger partial charge in [0.25, 0.3) is 0 Å². The van der Waals surface area contributed by atoms with E-state index in [1.807, 2.05) is 0 Å². The average molecular weight is 324 g/mol. The third-order valence-electron chi connectivity index (χ3n) is 3.42. The molecule has 0 amide bonds. The molecular formula is C18H25FO4. The van der Waals surface area contributed by atoms with E-state index in [1.165, 1.54) is 12.1 Å². The van der Waals surface area contributed by atoms with Crippen molar-refractivity contribution in [1.29, 1.82) is 0 Å². The number of esters is 2. The van der Waals surface area contributed by atoms with Crippen molar-refractivity contribution in [2.45, 2.75) is 58.5 Å². The molecule has 128 valence electrons. The monoisotopic (exact) mass is 324 g/mol. The fourth-order valence-corrected chi connectivity index (χ4v) is 2.05. The van der Waals surface area contributed by atoms with Crippen LogP contribution in [0.5, 0.6) is 0 Å². The Labute approximate surface area is 137 Å². The van der Waals surface area contributed by atoms with E-state index < -0.39 is 6.10 Å². The highest BCUT2D eigenvalue weighted by Crippen LogP contribution is 2.18. The normalized spacial score (nSPS) is 11.8. The summed E-state index contributed by atoms with van der Waals surface area (Å²) in [6, 6.07) is 5.82. The van der Waals surface area contributed by atoms with E-state index in [2.05, 4.69) is 6.92 Å². The van der Waals surface area contributed by atoms with Crippen molar-refractivity contribution in [3.63, 3.8) is 0 Å². The van der Waals surface area contributed by atoms with Gasteiger partial charge < -0.3 is 9.47 Å². The van der Waals surface area contributed by atoms with Gasteiger partial charge in [0.2, 0.25) is 0 Å². The highest BCUT2D eigenvalue weighted by Gasteiger charge is 2.12. The van der Waals surface area contributed by atoms with Crippen LogP contribution in [0.1, 0.15) is 64.0 Å². The molecule has 4 nitrogen and oxygen atoms in total. The van der Waals surface area contributed by atoms with Crippen LogP contribution in [-0.4, -0.2) is 18.5 Å². The van der Waals surface area contributed by atoms with Gasteiger partial charge in [0, 0.05) is 12.8 Å². The van der Waals surface area contributed by atoms with Gasteiger partial charge in [-0.15, -0.1) is 0 Å². The number of hydrogen-bond donors (Lipinski definition) is 0. The van der Waals surface area contributed by atoms with Crippen molar-refractivity contribution in [2.24, 2.45) is 0 Å². The SMILES string of the molecule is CCCCCOC(=O)CCCC(=O)OC(C)c1ccc(F)cc1. The van der Waals surface area contributed by atoms with Crippen LogP contribution >= 0.6 is 0 Å². The summed E-state index contributed by atoms with van der Waals surface area (Å²) in [5.74, 6) is -0.981. The second-order valence-corrected chi connectivity index (χ2v) is 5.46. The van der Waals surface area contributed by atoms with Crippen molar-refractivity contribution in [2.75, 3.05) is 6.61 Å². The lowest BCUT2D eigenvalue weighted by Crippen LogP contribution is -2.11. The standard InChI is InChI=1S/C18H25FO4/c1-3-4-5-13-22-17(20)7-6-8-18(21)23-14(2)15-9-11-16(19)12-10-15/h9-12,14H,3-8,13H2,1-2H3. The Bertz CT molecular complexity index is 484. The Morgan fingerprint density at radius 1 is 1.04 bits per heavy atom. The molecule has 1 aromatic carbocycles. The van der Waals surface area contributed by atoms with Crippen molar-refractivity contribution in [3.05, 3.63) is 35.6 Å². The van der Waals surface area contributed by atoms with Crippen molar-refractivity contribution in [1.82, 2.24) is 0 Å². The molecule has 5 heteroatoms. The number of rotatable bonds is 10. The molecule has 23 heavy (non-hydrogen) atoms.